The summed E-state index contributed by atoms with van der Waals surface area (Å²) in [5.74, 6) is -0.586. The Morgan fingerprint density at radius 2 is 1.90 bits per heavy atom. The number of halogens is 1. The molecule has 0 fully saturated rings. The second-order valence-corrected chi connectivity index (χ2v) is 7.11. The van der Waals surface area contributed by atoms with Gasteiger partial charge in [0.25, 0.3) is 5.91 Å². The van der Waals surface area contributed by atoms with Crippen molar-refractivity contribution in [3.8, 4) is 5.69 Å². The molecule has 0 saturated heterocycles. The normalized spacial score (nSPS) is 11.0. The lowest BCUT2D eigenvalue weighted by Gasteiger charge is -2.11. The van der Waals surface area contributed by atoms with Gasteiger partial charge in [-0.05, 0) is 50.3 Å². The first-order valence-corrected chi connectivity index (χ1v) is 9.50. The van der Waals surface area contributed by atoms with E-state index >= 15 is 0 Å². The fourth-order valence-electron chi connectivity index (χ4n) is 2.60. The van der Waals surface area contributed by atoms with E-state index in [4.69, 9.17) is 11.6 Å². The smallest absolute Gasteiger partial charge is 0.251 e. The molecule has 0 atom stereocenters. The van der Waals surface area contributed by atoms with Crippen LogP contribution in [0.3, 0.4) is 0 Å². The van der Waals surface area contributed by atoms with E-state index in [9.17, 15) is 9.59 Å². The van der Waals surface area contributed by atoms with E-state index in [0.717, 1.165) is 11.3 Å². The molecule has 29 heavy (non-hydrogen) atoms. The minimum absolute atomic E-state index is 0.0101. The molecular weight excluding hydrogens is 388 g/mol. The number of hydrogen-bond donors (Lipinski definition) is 2. The van der Waals surface area contributed by atoms with Gasteiger partial charge in [-0.25, -0.2) is 4.68 Å². The van der Waals surface area contributed by atoms with E-state index in [-0.39, 0.29) is 17.9 Å². The molecule has 2 aromatic carbocycles. The van der Waals surface area contributed by atoms with Gasteiger partial charge in [0.15, 0.2) is 0 Å². The molecule has 3 rings (SSSR count). The lowest BCUT2D eigenvalue weighted by atomic mass is 10.1. The van der Waals surface area contributed by atoms with Gasteiger partial charge in [0.2, 0.25) is 5.91 Å². The van der Waals surface area contributed by atoms with Gasteiger partial charge in [-0.2, -0.15) is 5.10 Å². The lowest BCUT2D eigenvalue weighted by Crippen LogP contribution is -2.30. The standard InChI is InChI=1S/C22H21ClN4O2/c1-15(2)25-22(29)17-9-10-19(23)20(12-17)26-21(28)11-8-16-13-24-27(14-16)18-6-4-3-5-7-18/h3-15H,1-2H3,(H,25,29)(H,26,28)/b11-8+. The van der Waals surface area contributed by atoms with Gasteiger partial charge in [0.1, 0.15) is 0 Å². The Balaban J connectivity index is 1.68. The third-order valence-corrected chi connectivity index (χ3v) is 4.29. The van der Waals surface area contributed by atoms with Gasteiger partial charge in [-0.1, -0.05) is 29.8 Å². The van der Waals surface area contributed by atoms with Crippen LogP contribution in [0.4, 0.5) is 5.69 Å². The Morgan fingerprint density at radius 3 is 2.62 bits per heavy atom. The van der Waals surface area contributed by atoms with Crippen LogP contribution in [0, 0.1) is 0 Å². The number of nitrogens with one attached hydrogen (secondary N) is 2. The summed E-state index contributed by atoms with van der Waals surface area (Å²) in [4.78, 5) is 24.4. The van der Waals surface area contributed by atoms with Crippen LogP contribution in [0.1, 0.15) is 29.8 Å². The number of aromatic nitrogens is 2. The predicted octanol–water partition coefficient (Wildman–Crippen LogP) is 4.32. The molecule has 0 unspecified atom stereocenters. The van der Waals surface area contributed by atoms with Gasteiger partial charge in [-0.3, -0.25) is 9.59 Å². The highest BCUT2D eigenvalue weighted by Crippen LogP contribution is 2.23. The van der Waals surface area contributed by atoms with Gasteiger partial charge < -0.3 is 10.6 Å². The molecule has 0 aliphatic carbocycles. The number of benzene rings is 2. The molecule has 0 bridgehead atoms. The molecule has 0 radical (unpaired) electrons. The zero-order chi connectivity index (χ0) is 20.8. The van der Waals surface area contributed by atoms with Crippen molar-refractivity contribution in [3.63, 3.8) is 0 Å². The summed E-state index contributed by atoms with van der Waals surface area (Å²) in [5.41, 5.74) is 2.50. The van der Waals surface area contributed by atoms with Crippen molar-refractivity contribution in [1.82, 2.24) is 15.1 Å². The van der Waals surface area contributed by atoms with E-state index < -0.39 is 0 Å². The molecule has 148 valence electrons. The molecule has 0 aliphatic heterocycles. The molecule has 0 spiro atoms. The molecule has 7 heteroatoms. The van der Waals surface area contributed by atoms with Crippen LogP contribution in [0.15, 0.2) is 67.0 Å². The van der Waals surface area contributed by atoms with Crippen LogP contribution >= 0.6 is 11.6 Å². The van der Waals surface area contributed by atoms with Crippen molar-refractivity contribution in [2.45, 2.75) is 19.9 Å². The first-order valence-electron chi connectivity index (χ1n) is 9.12. The minimum Gasteiger partial charge on any atom is -0.350 e. The molecule has 0 saturated carbocycles. The van der Waals surface area contributed by atoms with E-state index in [0.29, 0.717) is 16.3 Å². The number of amides is 2. The first-order chi connectivity index (χ1) is 13.9. The van der Waals surface area contributed by atoms with E-state index in [1.54, 1.807) is 35.2 Å². The molecular formula is C22H21ClN4O2. The highest BCUT2D eigenvalue weighted by atomic mass is 35.5. The van der Waals surface area contributed by atoms with Gasteiger partial charge in [-0.15, -0.1) is 0 Å². The molecule has 1 aromatic heterocycles. The highest BCUT2D eigenvalue weighted by molar-refractivity contribution is 6.34. The summed E-state index contributed by atoms with van der Waals surface area (Å²) in [6.45, 7) is 3.75. The van der Waals surface area contributed by atoms with Crippen molar-refractivity contribution in [1.29, 1.82) is 0 Å². The van der Waals surface area contributed by atoms with Crippen LogP contribution in [0.25, 0.3) is 11.8 Å². The molecule has 2 amide bonds. The lowest BCUT2D eigenvalue weighted by molar-refractivity contribution is -0.111. The summed E-state index contributed by atoms with van der Waals surface area (Å²) in [5, 5.41) is 10.1. The quantitative estimate of drug-likeness (QED) is 0.596. The largest absolute Gasteiger partial charge is 0.350 e. The SMILES string of the molecule is CC(C)NC(=O)c1ccc(Cl)c(NC(=O)/C=C/c2cnn(-c3ccccc3)c2)c1. The number of carbonyl (C=O) groups excluding carboxylic acids is 2. The topological polar surface area (TPSA) is 76.0 Å². The maximum Gasteiger partial charge on any atom is 0.251 e. The summed E-state index contributed by atoms with van der Waals surface area (Å²) in [6.07, 6.45) is 6.54. The van der Waals surface area contributed by atoms with Crippen LogP contribution < -0.4 is 10.6 Å². The molecule has 6 nitrogen and oxygen atoms in total. The van der Waals surface area contributed by atoms with Crippen LogP contribution in [0.2, 0.25) is 5.02 Å². The predicted molar refractivity (Wildman–Crippen MR) is 115 cm³/mol. The summed E-state index contributed by atoms with van der Waals surface area (Å²) < 4.78 is 1.73. The average molecular weight is 409 g/mol. The molecule has 1 heterocycles. The summed E-state index contributed by atoms with van der Waals surface area (Å²) in [6, 6.07) is 14.4. The van der Waals surface area contributed by atoms with Gasteiger partial charge in [0.05, 0.1) is 22.6 Å². The number of para-hydroxylation sites is 1. The molecule has 0 aliphatic rings. The maximum absolute atomic E-state index is 12.3. The number of rotatable bonds is 6. The van der Waals surface area contributed by atoms with Crippen molar-refractivity contribution in [2.75, 3.05) is 5.32 Å². The van der Waals surface area contributed by atoms with Gasteiger partial charge in [0, 0.05) is 29.4 Å². The maximum atomic E-state index is 12.3. The fourth-order valence-corrected chi connectivity index (χ4v) is 2.76. The Hall–Kier alpha value is -3.38. The Labute approximate surface area is 174 Å². The van der Waals surface area contributed by atoms with Gasteiger partial charge >= 0.3 is 0 Å². The van der Waals surface area contributed by atoms with Crippen LogP contribution in [-0.4, -0.2) is 27.6 Å². The average Bonchev–Trinajstić information content (AvgIpc) is 3.17. The Morgan fingerprint density at radius 1 is 1.14 bits per heavy atom. The van der Waals surface area contributed by atoms with Crippen molar-refractivity contribution in [3.05, 3.63) is 83.2 Å². The van der Waals surface area contributed by atoms with E-state index in [2.05, 4.69) is 15.7 Å². The molecule has 2 N–H and O–H groups in total. The first kappa shape index (κ1) is 20.4. The van der Waals surface area contributed by atoms with Crippen LogP contribution in [0.5, 0.6) is 0 Å². The van der Waals surface area contributed by atoms with Crippen molar-refractivity contribution >= 4 is 35.2 Å². The number of anilines is 1. The van der Waals surface area contributed by atoms with Crippen molar-refractivity contribution in [2.24, 2.45) is 0 Å². The fraction of sp³-hybridized carbons (Fsp3) is 0.136. The summed E-state index contributed by atoms with van der Waals surface area (Å²) in [7, 11) is 0. The number of nitrogens with zero attached hydrogens (tertiary/aromatic N) is 2. The Kier molecular flexibility index (Phi) is 6.46. The highest BCUT2D eigenvalue weighted by Gasteiger charge is 2.11. The molecule has 3 aromatic rings. The van der Waals surface area contributed by atoms with E-state index in [1.165, 1.54) is 6.08 Å². The van der Waals surface area contributed by atoms with E-state index in [1.807, 2.05) is 50.4 Å². The van der Waals surface area contributed by atoms with Crippen LogP contribution in [-0.2, 0) is 4.79 Å². The van der Waals surface area contributed by atoms with Crippen molar-refractivity contribution < 1.29 is 9.59 Å². The second-order valence-electron chi connectivity index (χ2n) is 6.70. The zero-order valence-corrected chi connectivity index (χ0v) is 16.9. The minimum atomic E-state index is -0.360. The third kappa shape index (κ3) is 5.56. The second kappa shape index (κ2) is 9.21. The third-order valence-electron chi connectivity index (χ3n) is 3.96. The monoisotopic (exact) mass is 408 g/mol. The summed E-state index contributed by atoms with van der Waals surface area (Å²) >= 11 is 6.16. The number of carbonyl (C=O) groups is 2. The Bertz CT molecular complexity index is 1040. The zero-order valence-electron chi connectivity index (χ0n) is 16.1. The number of hydrogen-bond acceptors (Lipinski definition) is 3.